The van der Waals surface area contributed by atoms with Crippen molar-refractivity contribution >= 4 is 0 Å². The average molecular weight is 143 g/mol. The zero-order chi connectivity index (χ0) is 7.61. The molecule has 60 valence electrons. The van der Waals surface area contributed by atoms with Crippen molar-refractivity contribution < 1.29 is 4.74 Å². The fraction of sp³-hybridized carbons (Fsp3) is 1.00. The fourth-order valence-corrected chi connectivity index (χ4v) is 1.45. The first-order valence-electron chi connectivity index (χ1n) is 3.92. The molecule has 1 aliphatic rings. The van der Waals surface area contributed by atoms with Gasteiger partial charge in [-0.1, -0.05) is 6.92 Å². The van der Waals surface area contributed by atoms with Crippen molar-refractivity contribution in [1.82, 2.24) is 0 Å². The maximum Gasteiger partial charge on any atom is 0.0530 e. The van der Waals surface area contributed by atoms with Gasteiger partial charge in [0.1, 0.15) is 0 Å². The maximum atomic E-state index is 5.65. The van der Waals surface area contributed by atoms with E-state index in [-0.39, 0.29) is 5.41 Å². The van der Waals surface area contributed by atoms with Crippen LogP contribution in [0.4, 0.5) is 0 Å². The summed E-state index contributed by atoms with van der Waals surface area (Å²) >= 11 is 0. The van der Waals surface area contributed by atoms with Crippen molar-refractivity contribution in [3.8, 4) is 0 Å². The third-order valence-corrected chi connectivity index (χ3v) is 2.50. The molecule has 0 saturated heterocycles. The Balaban J connectivity index is 2.39. The Labute approximate surface area is 62.7 Å². The molecule has 1 unspecified atom stereocenters. The van der Waals surface area contributed by atoms with Gasteiger partial charge in [0.2, 0.25) is 0 Å². The summed E-state index contributed by atoms with van der Waals surface area (Å²) in [6.07, 6.45) is 2.69. The lowest BCUT2D eigenvalue weighted by molar-refractivity contribution is 0.0817. The van der Waals surface area contributed by atoms with E-state index in [0.29, 0.717) is 0 Å². The Kier molecular flexibility index (Phi) is 2.32. The van der Waals surface area contributed by atoms with E-state index in [1.165, 1.54) is 12.8 Å². The SMILES string of the molecule is COCC(C)(CN)C1CC1. The Hall–Kier alpha value is -0.0800. The van der Waals surface area contributed by atoms with Crippen LogP contribution in [0.2, 0.25) is 0 Å². The summed E-state index contributed by atoms with van der Waals surface area (Å²) in [5, 5.41) is 0. The van der Waals surface area contributed by atoms with E-state index in [2.05, 4.69) is 6.92 Å². The van der Waals surface area contributed by atoms with Crippen LogP contribution in [0, 0.1) is 11.3 Å². The van der Waals surface area contributed by atoms with Gasteiger partial charge in [0.25, 0.3) is 0 Å². The van der Waals surface area contributed by atoms with Crippen molar-refractivity contribution in [3.63, 3.8) is 0 Å². The molecule has 10 heavy (non-hydrogen) atoms. The standard InChI is InChI=1S/C8H17NO/c1-8(5-9,6-10-2)7-3-4-7/h7H,3-6,9H2,1-2H3. The van der Waals surface area contributed by atoms with Gasteiger partial charge in [-0.25, -0.2) is 0 Å². The molecule has 1 rings (SSSR count). The lowest BCUT2D eigenvalue weighted by Gasteiger charge is -2.26. The van der Waals surface area contributed by atoms with Crippen LogP contribution in [0.3, 0.4) is 0 Å². The van der Waals surface area contributed by atoms with Crippen molar-refractivity contribution in [2.45, 2.75) is 19.8 Å². The van der Waals surface area contributed by atoms with Crippen molar-refractivity contribution in [2.24, 2.45) is 17.1 Å². The Morgan fingerprint density at radius 2 is 2.20 bits per heavy atom. The van der Waals surface area contributed by atoms with Gasteiger partial charge in [-0.3, -0.25) is 0 Å². The van der Waals surface area contributed by atoms with Crippen LogP contribution in [-0.4, -0.2) is 20.3 Å². The van der Waals surface area contributed by atoms with Gasteiger partial charge in [-0.2, -0.15) is 0 Å². The Bertz CT molecular complexity index is 112. The van der Waals surface area contributed by atoms with Gasteiger partial charge in [0.05, 0.1) is 6.61 Å². The summed E-state index contributed by atoms with van der Waals surface area (Å²) in [5.41, 5.74) is 5.91. The Morgan fingerprint density at radius 3 is 2.50 bits per heavy atom. The molecule has 0 spiro atoms. The monoisotopic (exact) mass is 143 g/mol. The number of rotatable bonds is 4. The third-order valence-electron chi connectivity index (χ3n) is 2.50. The molecule has 1 fully saturated rings. The highest BCUT2D eigenvalue weighted by atomic mass is 16.5. The quantitative estimate of drug-likeness (QED) is 0.637. The minimum Gasteiger partial charge on any atom is -0.384 e. The van der Waals surface area contributed by atoms with E-state index in [0.717, 1.165) is 19.1 Å². The summed E-state index contributed by atoms with van der Waals surface area (Å²) in [5.74, 6) is 0.831. The second-order valence-electron chi connectivity index (χ2n) is 3.57. The predicted molar refractivity (Wildman–Crippen MR) is 41.8 cm³/mol. The van der Waals surface area contributed by atoms with Crippen LogP contribution < -0.4 is 5.73 Å². The van der Waals surface area contributed by atoms with Crippen LogP contribution in [0.25, 0.3) is 0 Å². The molecule has 0 aliphatic heterocycles. The van der Waals surface area contributed by atoms with E-state index in [4.69, 9.17) is 10.5 Å². The van der Waals surface area contributed by atoms with Gasteiger partial charge in [0.15, 0.2) is 0 Å². The molecule has 2 N–H and O–H groups in total. The summed E-state index contributed by atoms with van der Waals surface area (Å²) in [6, 6.07) is 0. The molecule has 0 aromatic carbocycles. The molecule has 1 aliphatic carbocycles. The van der Waals surface area contributed by atoms with Crippen LogP contribution in [-0.2, 0) is 4.74 Å². The van der Waals surface area contributed by atoms with Gasteiger partial charge in [-0.15, -0.1) is 0 Å². The first-order chi connectivity index (χ1) is 4.73. The highest BCUT2D eigenvalue weighted by Gasteiger charge is 2.40. The van der Waals surface area contributed by atoms with Crippen LogP contribution in [0.5, 0.6) is 0 Å². The zero-order valence-corrected chi connectivity index (χ0v) is 6.89. The summed E-state index contributed by atoms with van der Waals surface area (Å²) in [7, 11) is 1.75. The van der Waals surface area contributed by atoms with E-state index < -0.39 is 0 Å². The third kappa shape index (κ3) is 1.50. The van der Waals surface area contributed by atoms with Gasteiger partial charge in [-0.05, 0) is 18.8 Å². The lowest BCUT2D eigenvalue weighted by Crippen LogP contribution is -2.33. The molecule has 2 heteroatoms. The maximum absolute atomic E-state index is 5.65. The smallest absolute Gasteiger partial charge is 0.0530 e. The second kappa shape index (κ2) is 2.89. The molecular formula is C8H17NO. The number of nitrogens with two attached hydrogens (primary N) is 1. The van der Waals surface area contributed by atoms with Gasteiger partial charge in [0, 0.05) is 19.1 Å². The first-order valence-corrected chi connectivity index (χ1v) is 3.92. The average Bonchev–Trinajstić information content (AvgIpc) is 2.69. The molecule has 0 bridgehead atoms. The van der Waals surface area contributed by atoms with E-state index in [1.54, 1.807) is 7.11 Å². The number of hydrogen-bond acceptors (Lipinski definition) is 2. The molecule has 0 radical (unpaired) electrons. The van der Waals surface area contributed by atoms with Crippen molar-refractivity contribution in [3.05, 3.63) is 0 Å². The largest absolute Gasteiger partial charge is 0.384 e. The molecule has 0 aromatic rings. The summed E-state index contributed by atoms with van der Waals surface area (Å²) in [4.78, 5) is 0. The fourth-order valence-electron chi connectivity index (χ4n) is 1.45. The lowest BCUT2D eigenvalue weighted by atomic mass is 9.86. The minimum atomic E-state index is 0.259. The van der Waals surface area contributed by atoms with E-state index in [9.17, 15) is 0 Å². The number of ether oxygens (including phenoxy) is 1. The van der Waals surface area contributed by atoms with Crippen molar-refractivity contribution in [1.29, 1.82) is 0 Å². The normalized spacial score (nSPS) is 24.3. The highest BCUT2D eigenvalue weighted by Crippen LogP contribution is 2.44. The zero-order valence-electron chi connectivity index (χ0n) is 6.89. The van der Waals surface area contributed by atoms with Crippen LogP contribution in [0.15, 0.2) is 0 Å². The molecule has 0 amide bonds. The molecule has 1 saturated carbocycles. The Morgan fingerprint density at radius 1 is 1.60 bits per heavy atom. The predicted octanol–water partition coefficient (Wildman–Crippen LogP) is 1.01. The number of hydrogen-bond donors (Lipinski definition) is 1. The molecular weight excluding hydrogens is 126 g/mol. The minimum absolute atomic E-state index is 0.259. The van der Waals surface area contributed by atoms with Crippen LogP contribution in [0.1, 0.15) is 19.8 Å². The highest BCUT2D eigenvalue weighted by molar-refractivity contribution is 4.91. The van der Waals surface area contributed by atoms with Gasteiger partial charge >= 0.3 is 0 Å². The topological polar surface area (TPSA) is 35.2 Å². The second-order valence-corrected chi connectivity index (χ2v) is 3.57. The molecule has 0 aromatic heterocycles. The van der Waals surface area contributed by atoms with Gasteiger partial charge < -0.3 is 10.5 Å². The van der Waals surface area contributed by atoms with Crippen LogP contribution >= 0.6 is 0 Å². The first kappa shape index (κ1) is 8.02. The van der Waals surface area contributed by atoms with E-state index >= 15 is 0 Å². The summed E-state index contributed by atoms with van der Waals surface area (Å²) in [6.45, 7) is 3.79. The number of methoxy groups -OCH3 is 1. The molecule has 1 atom stereocenters. The molecule has 2 nitrogen and oxygen atoms in total. The molecule has 0 heterocycles. The van der Waals surface area contributed by atoms with Crippen molar-refractivity contribution in [2.75, 3.05) is 20.3 Å². The van der Waals surface area contributed by atoms with E-state index in [1.807, 2.05) is 0 Å². The summed E-state index contributed by atoms with van der Waals surface area (Å²) < 4.78 is 5.12.